The van der Waals surface area contributed by atoms with Crippen molar-refractivity contribution in [3.8, 4) is 11.6 Å². The van der Waals surface area contributed by atoms with Gasteiger partial charge in [-0.05, 0) is 23.8 Å². The third-order valence-corrected chi connectivity index (χ3v) is 4.07. The summed E-state index contributed by atoms with van der Waals surface area (Å²) in [7, 11) is 0. The van der Waals surface area contributed by atoms with Crippen LogP contribution in [-0.4, -0.2) is 19.8 Å². The van der Waals surface area contributed by atoms with Crippen LogP contribution in [0.5, 0.6) is 11.6 Å². The van der Waals surface area contributed by atoms with Crippen LogP contribution >= 0.6 is 0 Å². The molecule has 4 rings (SSSR count). The van der Waals surface area contributed by atoms with E-state index in [0.717, 1.165) is 12.5 Å². The van der Waals surface area contributed by atoms with E-state index >= 15 is 0 Å². The van der Waals surface area contributed by atoms with Crippen molar-refractivity contribution in [2.24, 2.45) is 0 Å². The average Bonchev–Trinajstić information content (AvgIpc) is 3.04. The smallest absolute Gasteiger partial charge is 0.270 e. The number of hydrogen-bond acceptors (Lipinski definition) is 4. The van der Waals surface area contributed by atoms with Crippen LogP contribution < -0.4 is 4.74 Å². The molecule has 0 unspecified atom stereocenters. The predicted octanol–water partition coefficient (Wildman–Crippen LogP) is 4.62. The third kappa shape index (κ3) is 3.76. The van der Waals surface area contributed by atoms with E-state index < -0.39 is 5.92 Å². The minimum atomic E-state index is -2.94. The Bertz CT molecular complexity index is 1070. The average molecular weight is 366 g/mol. The Morgan fingerprint density at radius 3 is 2.56 bits per heavy atom. The molecule has 2 aromatic heterocycles. The zero-order chi connectivity index (χ0) is 18.9. The van der Waals surface area contributed by atoms with Gasteiger partial charge >= 0.3 is 0 Å². The van der Waals surface area contributed by atoms with Crippen molar-refractivity contribution in [3.05, 3.63) is 83.7 Å². The molecule has 0 aliphatic rings. The molecule has 0 radical (unpaired) electrons. The first kappa shape index (κ1) is 17.1. The number of rotatable bonds is 5. The van der Waals surface area contributed by atoms with Crippen molar-refractivity contribution in [1.82, 2.24) is 19.8 Å². The molecule has 27 heavy (non-hydrogen) atoms. The maximum absolute atomic E-state index is 13.5. The first-order valence-corrected chi connectivity index (χ1v) is 8.40. The lowest BCUT2D eigenvalue weighted by Crippen LogP contribution is -2.06. The number of fused-ring (bicyclic) bond motifs is 1. The van der Waals surface area contributed by atoms with E-state index in [1.807, 2.05) is 30.3 Å². The molecule has 0 aliphatic carbocycles. The van der Waals surface area contributed by atoms with Gasteiger partial charge in [-0.2, -0.15) is 4.52 Å². The second kappa shape index (κ2) is 6.75. The third-order valence-electron chi connectivity index (χ3n) is 4.07. The highest BCUT2D eigenvalue weighted by molar-refractivity contribution is 5.40. The van der Waals surface area contributed by atoms with Gasteiger partial charge in [0.05, 0.1) is 0 Å². The highest BCUT2D eigenvalue weighted by atomic mass is 19.3. The fourth-order valence-electron chi connectivity index (χ4n) is 2.71. The zero-order valence-corrected chi connectivity index (χ0v) is 14.5. The molecule has 2 aromatic carbocycles. The van der Waals surface area contributed by atoms with E-state index in [1.54, 1.807) is 22.7 Å². The first-order chi connectivity index (χ1) is 13.0. The monoisotopic (exact) mass is 366 g/mol. The topological polar surface area (TPSA) is 52.3 Å². The maximum Gasteiger partial charge on any atom is 0.270 e. The van der Waals surface area contributed by atoms with Gasteiger partial charge in [0.15, 0.2) is 11.5 Å². The zero-order valence-electron chi connectivity index (χ0n) is 14.5. The summed E-state index contributed by atoms with van der Waals surface area (Å²) in [6.45, 7) is 0.851. The Labute approximate surface area is 154 Å². The molecule has 4 aromatic rings. The van der Waals surface area contributed by atoms with E-state index in [4.69, 9.17) is 4.74 Å². The van der Waals surface area contributed by atoms with Crippen LogP contribution in [-0.2, 0) is 12.3 Å². The molecular formula is C20H16F2N4O. The number of ether oxygens (including phenoxy) is 1. The number of halogens is 2. The van der Waals surface area contributed by atoms with Gasteiger partial charge in [0.1, 0.15) is 5.75 Å². The van der Waals surface area contributed by atoms with Gasteiger partial charge in [-0.25, -0.2) is 8.78 Å². The van der Waals surface area contributed by atoms with Crippen LogP contribution in [0, 0.1) is 0 Å². The summed E-state index contributed by atoms with van der Waals surface area (Å²) in [4.78, 5) is 0. The Morgan fingerprint density at radius 2 is 1.78 bits per heavy atom. The molecule has 0 aliphatic heterocycles. The van der Waals surface area contributed by atoms with Crippen LogP contribution in [0.3, 0.4) is 0 Å². The molecule has 5 nitrogen and oxygen atoms in total. The minimum absolute atomic E-state index is 0.116. The Kier molecular flexibility index (Phi) is 4.27. The molecule has 0 N–H and O–H groups in total. The van der Waals surface area contributed by atoms with Gasteiger partial charge in [0, 0.05) is 25.0 Å². The fraction of sp³-hybridized carbons (Fsp3) is 0.150. The quantitative estimate of drug-likeness (QED) is 0.517. The van der Waals surface area contributed by atoms with Gasteiger partial charge in [-0.1, -0.05) is 42.5 Å². The van der Waals surface area contributed by atoms with Gasteiger partial charge in [0.2, 0.25) is 5.88 Å². The van der Waals surface area contributed by atoms with Crippen LogP contribution in [0.15, 0.2) is 66.7 Å². The molecule has 136 valence electrons. The molecule has 0 bridgehead atoms. The highest BCUT2D eigenvalue weighted by Gasteiger charge is 2.24. The summed E-state index contributed by atoms with van der Waals surface area (Å²) < 4.78 is 34.3. The molecule has 0 fully saturated rings. The molecule has 0 spiro atoms. The summed E-state index contributed by atoms with van der Waals surface area (Å²) >= 11 is 0. The number of hydrogen-bond donors (Lipinski definition) is 0. The van der Waals surface area contributed by atoms with Crippen molar-refractivity contribution >= 4 is 5.65 Å². The lowest BCUT2D eigenvalue weighted by Gasteiger charge is -2.12. The lowest BCUT2D eigenvalue weighted by atomic mass is 10.1. The lowest BCUT2D eigenvalue weighted by molar-refractivity contribution is 0.0173. The van der Waals surface area contributed by atoms with Crippen LogP contribution in [0.4, 0.5) is 8.78 Å². The fourth-order valence-corrected chi connectivity index (χ4v) is 2.71. The van der Waals surface area contributed by atoms with Crippen molar-refractivity contribution in [2.45, 2.75) is 19.3 Å². The first-order valence-electron chi connectivity index (χ1n) is 8.40. The van der Waals surface area contributed by atoms with E-state index in [2.05, 4.69) is 15.3 Å². The van der Waals surface area contributed by atoms with Crippen LogP contribution in [0.2, 0.25) is 0 Å². The number of benzene rings is 2. The summed E-state index contributed by atoms with van der Waals surface area (Å²) in [5.74, 6) is -1.71. The van der Waals surface area contributed by atoms with Crippen molar-refractivity contribution in [1.29, 1.82) is 0 Å². The van der Waals surface area contributed by atoms with Gasteiger partial charge in [-0.15, -0.1) is 15.3 Å². The summed E-state index contributed by atoms with van der Waals surface area (Å²) in [5, 5.41) is 12.7. The number of aromatic nitrogens is 4. The molecule has 2 heterocycles. The second-order valence-corrected chi connectivity index (χ2v) is 6.24. The van der Waals surface area contributed by atoms with Crippen molar-refractivity contribution in [3.63, 3.8) is 0 Å². The molecule has 0 amide bonds. The largest absolute Gasteiger partial charge is 0.438 e. The molecular weight excluding hydrogens is 350 g/mol. The molecule has 0 saturated heterocycles. The van der Waals surface area contributed by atoms with E-state index in [-0.39, 0.29) is 11.4 Å². The molecule has 0 saturated carbocycles. The number of alkyl halides is 2. The Balaban J connectivity index is 1.63. The Hall–Kier alpha value is -3.35. The summed E-state index contributed by atoms with van der Waals surface area (Å²) in [6.07, 6.45) is 0.565. The predicted molar refractivity (Wildman–Crippen MR) is 96.1 cm³/mol. The Morgan fingerprint density at radius 1 is 0.963 bits per heavy atom. The number of nitrogens with zero attached hydrogens (tertiary/aromatic N) is 4. The summed E-state index contributed by atoms with van der Waals surface area (Å²) in [5.41, 5.74) is 1.55. The van der Waals surface area contributed by atoms with Gasteiger partial charge < -0.3 is 4.74 Å². The molecule has 7 heteroatoms. The van der Waals surface area contributed by atoms with E-state index in [9.17, 15) is 8.78 Å². The summed E-state index contributed by atoms with van der Waals surface area (Å²) in [6, 6.07) is 19.0. The normalized spacial score (nSPS) is 11.7. The van der Waals surface area contributed by atoms with Crippen molar-refractivity contribution in [2.75, 3.05) is 0 Å². The second-order valence-electron chi connectivity index (χ2n) is 6.24. The molecule has 0 atom stereocenters. The van der Waals surface area contributed by atoms with Crippen molar-refractivity contribution < 1.29 is 13.5 Å². The standard InChI is InChI=1S/C20H16F2N4O/c1-20(21,22)15-8-5-9-16(13-15)27-19-11-10-17-23-24-18(26(17)25-19)12-14-6-3-2-4-7-14/h2-11,13H,12H2,1H3. The van der Waals surface area contributed by atoms with E-state index in [0.29, 0.717) is 23.6 Å². The van der Waals surface area contributed by atoms with Crippen LogP contribution in [0.25, 0.3) is 5.65 Å². The van der Waals surface area contributed by atoms with Crippen LogP contribution in [0.1, 0.15) is 23.9 Å². The van der Waals surface area contributed by atoms with Gasteiger partial charge in [-0.3, -0.25) is 0 Å². The van der Waals surface area contributed by atoms with Gasteiger partial charge in [0.25, 0.3) is 5.92 Å². The minimum Gasteiger partial charge on any atom is -0.438 e. The maximum atomic E-state index is 13.5. The SMILES string of the molecule is CC(F)(F)c1cccc(Oc2ccc3nnc(Cc4ccccc4)n3n2)c1. The highest BCUT2D eigenvalue weighted by Crippen LogP contribution is 2.30. The van der Waals surface area contributed by atoms with E-state index in [1.165, 1.54) is 18.2 Å².